The number of methoxy groups -OCH3 is 1. The maximum absolute atomic E-state index is 11.9. The maximum atomic E-state index is 11.9. The molecule has 0 saturated heterocycles. The summed E-state index contributed by atoms with van der Waals surface area (Å²) in [6.07, 6.45) is 2.39. The molecular formula is C13H17ClN2O2. The van der Waals surface area contributed by atoms with Crippen molar-refractivity contribution in [1.82, 2.24) is 0 Å². The number of nitrogens with one attached hydrogen (secondary N) is 1. The third kappa shape index (κ3) is 2.60. The number of hydrogen-bond donors (Lipinski definition) is 2. The number of fused-ring (bicyclic) bond motifs is 1. The lowest BCUT2D eigenvalue weighted by molar-refractivity contribution is -0.120. The topological polar surface area (TPSA) is 64.3 Å². The summed E-state index contributed by atoms with van der Waals surface area (Å²) in [6.45, 7) is 0.612. The van der Waals surface area contributed by atoms with Crippen molar-refractivity contribution in [1.29, 1.82) is 0 Å². The van der Waals surface area contributed by atoms with Gasteiger partial charge in [0.25, 0.3) is 0 Å². The van der Waals surface area contributed by atoms with Crippen LogP contribution in [0, 0.1) is 5.92 Å². The molecule has 18 heavy (non-hydrogen) atoms. The summed E-state index contributed by atoms with van der Waals surface area (Å²) in [7, 11) is 1.58. The van der Waals surface area contributed by atoms with Gasteiger partial charge in [-0.05, 0) is 43.5 Å². The van der Waals surface area contributed by atoms with Crippen molar-refractivity contribution in [3.05, 3.63) is 22.7 Å². The van der Waals surface area contributed by atoms with Crippen LogP contribution >= 0.6 is 11.6 Å². The zero-order valence-corrected chi connectivity index (χ0v) is 11.1. The van der Waals surface area contributed by atoms with E-state index in [0.717, 1.165) is 24.1 Å². The molecule has 98 valence electrons. The Bertz CT molecular complexity index is 463. The molecule has 1 aromatic carbocycles. The van der Waals surface area contributed by atoms with Gasteiger partial charge in [-0.25, -0.2) is 0 Å². The fourth-order valence-corrected chi connectivity index (χ4v) is 2.47. The number of carbonyl (C=O) groups is 1. The van der Waals surface area contributed by atoms with Crippen molar-refractivity contribution >= 4 is 23.2 Å². The molecule has 0 fully saturated rings. The summed E-state index contributed by atoms with van der Waals surface area (Å²) in [5.41, 5.74) is 7.34. The molecule has 0 aliphatic carbocycles. The van der Waals surface area contributed by atoms with E-state index in [0.29, 0.717) is 23.7 Å². The van der Waals surface area contributed by atoms with Gasteiger partial charge in [0.2, 0.25) is 5.91 Å². The van der Waals surface area contributed by atoms with Crippen LogP contribution in [0.25, 0.3) is 0 Å². The molecule has 0 radical (unpaired) electrons. The fraction of sp³-hybridized carbons (Fsp3) is 0.462. The van der Waals surface area contributed by atoms with Crippen molar-refractivity contribution in [2.45, 2.75) is 19.3 Å². The second-order valence-corrected chi connectivity index (χ2v) is 4.87. The minimum absolute atomic E-state index is 0.00747. The molecule has 1 aliphatic rings. The van der Waals surface area contributed by atoms with E-state index >= 15 is 0 Å². The van der Waals surface area contributed by atoms with Gasteiger partial charge >= 0.3 is 0 Å². The molecule has 2 rings (SSSR count). The zero-order valence-electron chi connectivity index (χ0n) is 10.3. The molecule has 1 amide bonds. The summed E-state index contributed by atoms with van der Waals surface area (Å²) in [5, 5.41) is 3.40. The third-order valence-corrected chi connectivity index (χ3v) is 3.52. The Balaban J connectivity index is 2.23. The highest BCUT2D eigenvalue weighted by Gasteiger charge is 2.26. The van der Waals surface area contributed by atoms with Crippen molar-refractivity contribution in [3.8, 4) is 5.75 Å². The van der Waals surface area contributed by atoms with Crippen molar-refractivity contribution < 1.29 is 9.53 Å². The summed E-state index contributed by atoms with van der Waals surface area (Å²) in [6, 6.07) is 3.64. The minimum Gasteiger partial charge on any atom is -0.495 e. The summed E-state index contributed by atoms with van der Waals surface area (Å²) >= 11 is 6.04. The first-order chi connectivity index (χ1) is 8.65. The number of benzene rings is 1. The number of nitrogens with two attached hydrogens (primary N) is 1. The highest BCUT2D eigenvalue weighted by atomic mass is 35.5. The summed E-state index contributed by atoms with van der Waals surface area (Å²) in [4.78, 5) is 11.9. The Morgan fingerprint density at radius 1 is 1.56 bits per heavy atom. The second-order valence-electron chi connectivity index (χ2n) is 4.47. The van der Waals surface area contributed by atoms with Gasteiger partial charge in [0.1, 0.15) is 5.75 Å². The quantitative estimate of drug-likeness (QED) is 0.880. The predicted molar refractivity (Wildman–Crippen MR) is 72.1 cm³/mol. The smallest absolute Gasteiger partial charge is 0.227 e. The van der Waals surface area contributed by atoms with Crippen LogP contribution in [0.1, 0.15) is 18.4 Å². The lowest BCUT2D eigenvalue weighted by atomic mass is 9.89. The lowest BCUT2D eigenvalue weighted by Crippen LogP contribution is -2.30. The van der Waals surface area contributed by atoms with E-state index in [9.17, 15) is 4.79 Å². The van der Waals surface area contributed by atoms with Gasteiger partial charge in [-0.1, -0.05) is 11.6 Å². The maximum Gasteiger partial charge on any atom is 0.227 e. The highest BCUT2D eigenvalue weighted by molar-refractivity contribution is 6.32. The van der Waals surface area contributed by atoms with Crippen molar-refractivity contribution in [2.24, 2.45) is 11.7 Å². The largest absolute Gasteiger partial charge is 0.495 e. The number of amides is 1. The minimum atomic E-state index is -0.00747. The molecule has 0 aromatic heterocycles. The second kappa shape index (κ2) is 5.59. The van der Waals surface area contributed by atoms with E-state index in [4.69, 9.17) is 22.1 Å². The number of carbonyl (C=O) groups excluding carboxylic acids is 1. The molecule has 1 aliphatic heterocycles. The molecule has 0 saturated carbocycles. The molecule has 1 atom stereocenters. The molecule has 4 nitrogen and oxygen atoms in total. The third-order valence-electron chi connectivity index (χ3n) is 3.23. The van der Waals surface area contributed by atoms with Gasteiger partial charge in [0.15, 0.2) is 0 Å². The van der Waals surface area contributed by atoms with Gasteiger partial charge in [0.05, 0.1) is 12.1 Å². The Morgan fingerprint density at radius 3 is 3.00 bits per heavy atom. The van der Waals surface area contributed by atoms with E-state index in [-0.39, 0.29) is 11.8 Å². The van der Waals surface area contributed by atoms with E-state index < -0.39 is 0 Å². The van der Waals surface area contributed by atoms with E-state index in [1.165, 1.54) is 0 Å². The molecule has 5 heteroatoms. The number of ether oxygens (including phenoxy) is 1. The van der Waals surface area contributed by atoms with E-state index in [1.54, 1.807) is 13.2 Å². The van der Waals surface area contributed by atoms with Gasteiger partial charge in [0, 0.05) is 11.6 Å². The number of hydrogen-bond acceptors (Lipinski definition) is 3. The molecular weight excluding hydrogens is 252 g/mol. The van der Waals surface area contributed by atoms with Crippen molar-refractivity contribution in [2.75, 3.05) is 19.0 Å². The normalized spacial score (nSPS) is 18.2. The standard InChI is InChI=1S/C13H17ClN2O2/c1-18-12-6-9-5-8(3-2-4-15)13(17)16-11(9)7-10(12)14/h6-8H,2-5,15H2,1H3,(H,16,17). The van der Waals surface area contributed by atoms with Crippen LogP contribution in [0.3, 0.4) is 0 Å². The zero-order chi connectivity index (χ0) is 13.1. The Morgan fingerprint density at radius 2 is 2.33 bits per heavy atom. The number of anilines is 1. The molecule has 0 bridgehead atoms. The number of rotatable bonds is 4. The first-order valence-corrected chi connectivity index (χ1v) is 6.41. The Hall–Kier alpha value is -1.26. The average molecular weight is 269 g/mol. The van der Waals surface area contributed by atoms with Gasteiger partial charge < -0.3 is 15.8 Å². The first-order valence-electron chi connectivity index (χ1n) is 6.03. The van der Waals surface area contributed by atoms with Crippen LogP contribution in [-0.2, 0) is 11.2 Å². The van der Waals surface area contributed by atoms with Gasteiger partial charge in [-0.3, -0.25) is 4.79 Å². The van der Waals surface area contributed by atoms with Crippen LogP contribution in [0.15, 0.2) is 12.1 Å². The molecule has 3 N–H and O–H groups in total. The highest BCUT2D eigenvalue weighted by Crippen LogP contribution is 2.35. The van der Waals surface area contributed by atoms with Crippen LogP contribution < -0.4 is 15.8 Å². The molecule has 1 aromatic rings. The monoisotopic (exact) mass is 268 g/mol. The van der Waals surface area contributed by atoms with Crippen molar-refractivity contribution in [3.63, 3.8) is 0 Å². The Labute approximate surface area is 111 Å². The molecule has 1 heterocycles. The van der Waals surface area contributed by atoms with Crippen LogP contribution in [0.5, 0.6) is 5.75 Å². The van der Waals surface area contributed by atoms with Crippen LogP contribution in [0.2, 0.25) is 5.02 Å². The first kappa shape index (κ1) is 13.2. The molecule has 1 unspecified atom stereocenters. The summed E-state index contributed by atoms with van der Waals surface area (Å²) < 4.78 is 5.19. The number of halogens is 1. The average Bonchev–Trinajstić information content (AvgIpc) is 2.36. The van der Waals surface area contributed by atoms with Gasteiger partial charge in [-0.15, -0.1) is 0 Å². The summed E-state index contributed by atoms with van der Waals surface area (Å²) in [5.74, 6) is 0.688. The molecule has 0 spiro atoms. The predicted octanol–water partition coefficient (Wildman–Crippen LogP) is 2.20. The SMILES string of the molecule is COc1cc2c(cc1Cl)NC(=O)C(CCCN)C2. The van der Waals surface area contributed by atoms with Crippen LogP contribution in [0.4, 0.5) is 5.69 Å². The van der Waals surface area contributed by atoms with Crippen LogP contribution in [-0.4, -0.2) is 19.6 Å². The Kier molecular flexibility index (Phi) is 4.09. The van der Waals surface area contributed by atoms with Gasteiger partial charge in [-0.2, -0.15) is 0 Å². The lowest BCUT2D eigenvalue weighted by Gasteiger charge is -2.25. The fourth-order valence-electron chi connectivity index (χ4n) is 2.23. The van der Waals surface area contributed by atoms with E-state index in [2.05, 4.69) is 5.32 Å². The van der Waals surface area contributed by atoms with E-state index in [1.807, 2.05) is 6.07 Å².